The molecule has 2 amide bonds. The number of benzene rings is 1. The van der Waals surface area contributed by atoms with Crippen LogP contribution in [0.2, 0.25) is 0 Å². The monoisotopic (exact) mass is 356 g/mol. The summed E-state index contributed by atoms with van der Waals surface area (Å²) in [6, 6.07) is 7.87. The fraction of sp³-hybridized carbons (Fsp3) is 0.400. The first-order valence-corrected chi connectivity index (χ1v) is 9.64. The van der Waals surface area contributed by atoms with E-state index >= 15 is 0 Å². The van der Waals surface area contributed by atoms with Crippen LogP contribution in [0.1, 0.15) is 42.4 Å². The molecule has 1 aromatic heterocycles. The minimum atomic E-state index is -0.606. The normalized spacial score (nSPS) is 15.8. The molecule has 1 fully saturated rings. The largest absolute Gasteiger partial charge is 0.347 e. The van der Waals surface area contributed by atoms with Crippen molar-refractivity contribution >= 4 is 28.8 Å². The lowest BCUT2D eigenvalue weighted by Gasteiger charge is -2.28. The van der Waals surface area contributed by atoms with E-state index in [1.165, 1.54) is 18.4 Å². The molecule has 2 aromatic rings. The van der Waals surface area contributed by atoms with Gasteiger partial charge in [0.25, 0.3) is 0 Å². The molecule has 132 valence electrons. The molecule has 2 N–H and O–H groups in total. The molecule has 1 aliphatic rings. The Morgan fingerprint density at radius 3 is 2.52 bits per heavy atom. The third-order valence-electron chi connectivity index (χ3n) is 5.12. The van der Waals surface area contributed by atoms with Crippen LogP contribution in [-0.2, 0) is 15.0 Å². The van der Waals surface area contributed by atoms with Crippen molar-refractivity contribution in [2.24, 2.45) is 0 Å². The predicted molar refractivity (Wildman–Crippen MR) is 102 cm³/mol. The molecule has 0 radical (unpaired) electrons. The maximum Gasteiger partial charge on any atom is 0.313 e. The summed E-state index contributed by atoms with van der Waals surface area (Å²) in [6.07, 6.45) is 4.45. The molecule has 1 heterocycles. The van der Waals surface area contributed by atoms with Gasteiger partial charge in [-0.25, -0.2) is 0 Å². The number of aryl methyl sites for hydroxylation is 2. The van der Waals surface area contributed by atoms with Crippen molar-refractivity contribution in [2.45, 2.75) is 44.9 Å². The second-order valence-electron chi connectivity index (χ2n) is 6.95. The highest BCUT2D eigenvalue weighted by molar-refractivity contribution is 7.08. The minimum absolute atomic E-state index is 0.0181. The molecule has 1 saturated carbocycles. The second kappa shape index (κ2) is 7.40. The molecule has 0 spiro atoms. The Bertz CT molecular complexity index is 762. The molecular formula is C20H24N2O2S. The van der Waals surface area contributed by atoms with E-state index in [2.05, 4.69) is 27.5 Å². The standard InChI is InChI=1S/C20H24N2O2S/c1-14-5-6-17(15(2)11-14)22-19(24)18(23)21-13-20(8-3-4-9-20)16-7-10-25-12-16/h5-7,10-12H,3-4,8-9,13H2,1-2H3,(H,21,23)(H,22,24). The lowest BCUT2D eigenvalue weighted by molar-refractivity contribution is -0.136. The molecule has 0 saturated heterocycles. The topological polar surface area (TPSA) is 58.2 Å². The second-order valence-corrected chi connectivity index (χ2v) is 7.73. The van der Waals surface area contributed by atoms with Gasteiger partial charge in [-0.05, 0) is 60.7 Å². The van der Waals surface area contributed by atoms with Gasteiger partial charge in [-0.15, -0.1) is 0 Å². The lowest BCUT2D eigenvalue weighted by Crippen LogP contribution is -2.43. The van der Waals surface area contributed by atoms with Crippen molar-refractivity contribution in [2.75, 3.05) is 11.9 Å². The van der Waals surface area contributed by atoms with Gasteiger partial charge in [-0.3, -0.25) is 9.59 Å². The van der Waals surface area contributed by atoms with Crippen molar-refractivity contribution in [3.8, 4) is 0 Å². The van der Waals surface area contributed by atoms with Crippen molar-refractivity contribution in [3.05, 3.63) is 51.7 Å². The third kappa shape index (κ3) is 3.93. The number of nitrogens with one attached hydrogen (secondary N) is 2. The Morgan fingerprint density at radius 1 is 1.12 bits per heavy atom. The van der Waals surface area contributed by atoms with Crippen LogP contribution in [-0.4, -0.2) is 18.4 Å². The van der Waals surface area contributed by atoms with Gasteiger partial charge in [-0.2, -0.15) is 11.3 Å². The van der Waals surface area contributed by atoms with Crippen LogP contribution in [0, 0.1) is 13.8 Å². The van der Waals surface area contributed by atoms with E-state index in [1.807, 2.05) is 32.0 Å². The Labute approximate surface area is 152 Å². The highest BCUT2D eigenvalue weighted by Crippen LogP contribution is 2.41. The fourth-order valence-electron chi connectivity index (χ4n) is 3.65. The summed E-state index contributed by atoms with van der Waals surface area (Å²) < 4.78 is 0. The number of carbonyl (C=O) groups excluding carboxylic acids is 2. The molecule has 0 aliphatic heterocycles. The summed E-state index contributed by atoms with van der Waals surface area (Å²) in [5.74, 6) is -1.17. The molecule has 0 unspecified atom stereocenters. The van der Waals surface area contributed by atoms with E-state index in [0.717, 1.165) is 24.0 Å². The third-order valence-corrected chi connectivity index (χ3v) is 5.80. The summed E-state index contributed by atoms with van der Waals surface area (Å²) in [4.78, 5) is 24.5. The molecule has 1 aromatic carbocycles. The van der Waals surface area contributed by atoms with E-state index < -0.39 is 11.8 Å². The SMILES string of the molecule is Cc1ccc(NC(=O)C(=O)NCC2(c3ccsc3)CCCC2)c(C)c1. The first kappa shape index (κ1) is 17.7. The van der Waals surface area contributed by atoms with Gasteiger partial charge < -0.3 is 10.6 Å². The van der Waals surface area contributed by atoms with Crippen molar-refractivity contribution in [1.82, 2.24) is 5.32 Å². The van der Waals surface area contributed by atoms with Gasteiger partial charge in [0, 0.05) is 17.6 Å². The van der Waals surface area contributed by atoms with Crippen LogP contribution in [0.3, 0.4) is 0 Å². The van der Waals surface area contributed by atoms with Crippen molar-refractivity contribution < 1.29 is 9.59 Å². The van der Waals surface area contributed by atoms with Gasteiger partial charge in [0.05, 0.1) is 0 Å². The number of thiophene rings is 1. The molecule has 4 nitrogen and oxygen atoms in total. The number of carbonyl (C=O) groups is 2. The number of anilines is 1. The fourth-order valence-corrected chi connectivity index (χ4v) is 4.43. The molecule has 0 bridgehead atoms. The first-order valence-electron chi connectivity index (χ1n) is 8.69. The van der Waals surface area contributed by atoms with Crippen LogP contribution < -0.4 is 10.6 Å². The Morgan fingerprint density at radius 2 is 1.88 bits per heavy atom. The van der Waals surface area contributed by atoms with E-state index in [4.69, 9.17) is 0 Å². The Balaban J connectivity index is 1.62. The van der Waals surface area contributed by atoms with Crippen molar-refractivity contribution in [3.63, 3.8) is 0 Å². The zero-order valence-electron chi connectivity index (χ0n) is 14.7. The maximum atomic E-state index is 12.3. The van der Waals surface area contributed by atoms with E-state index in [1.54, 1.807) is 11.3 Å². The van der Waals surface area contributed by atoms with Crippen LogP contribution in [0.4, 0.5) is 5.69 Å². The zero-order valence-corrected chi connectivity index (χ0v) is 15.5. The van der Waals surface area contributed by atoms with Gasteiger partial charge >= 0.3 is 11.8 Å². The zero-order chi connectivity index (χ0) is 17.9. The number of amides is 2. The summed E-state index contributed by atoms with van der Waals surface area (Å²) in [7, 11) is 0. The first-order chi connectivity index (χ1) is 12.0. The molecule has 3 rings (SSSR count). The maximum absolute atomic E-state index is 12.3. The predicted octanol–water partition coefficient (Wildman–Crippen LogP) is 3.93. The Kier molecular flexibility index (Phi) is 5.23. The summed E-state index contributed by atoms with van der Waals surface area (Å²) >= 11 is 1.68. The highest BCUT2D eigenvalue weighted by Gasteiger charge is 2.36. The average Bonchev–Trinajstić information content (AvgIpc) is 3.27. The smallest absolute Gasteiger partial charge is 0.313 e. The number of hydrogen-bond donors (Lipinski definition) is 2. The summed E-state index contributed by atoms with van der Waals surface area (Å²) in [5.41, 5.74) is 4.02. The molecule has 1 aliphatic carbocycles. The molecular weight excluding hydrogens is 332 g/mol. The average molecular weight is 356 g/mol. The number of rotatable bonds is 4. The molecule has 5 heteroatoms. The summed E-state index contributed by atoms with van der Waals surface area (Å²) in [6.45, 7) is 4.43. The van der Waals surface area contributed by atoms with Gasteiger partial charge in [0.1, 0.15) is 0 Å². The quantitative estimate of drug-likeness (QED) is 0.816. The van der Waals surface area contributed by atoms with Crippen LogP contribution in [0.5, 0.6) is 0 Å². The van der Waals surface area contributed by atoms with Crippen LogP contribution in [0.25, 0.3) is 0 Å². The van der Waals surface area contributed by atoms with Gasteiger partial charge in [0.15, 0.2) is 0 Å². The van der Waals surface area contributed by atoms with E-state index in [9.17, 15) is 9.59 Å². The minimum Gasteiger partial charge on any atom is -0.347 e. The summed E-state index contributed by atoms with van der Waals surface area (Å²) in [5, 5.41) is 9.80. The van der Waals surface area contributed by atoms with Crippen LogP contribution in [0.15, 0.2) is 35.0 Å². The van der Waals surface area contributed by atoms with E-state index in [-0.39, 0.29) is 5.41 Å². The lowest BCUT2D eigenvalue weighted by atomic mass is 9.80. The van der Waals surface area contributed by atoms with Crippen LogP contribution >= 0.6 is 11.3 Å². The van der Waals surface area contributed by atoms with Gasteiger partial charge in [0.2, 0.25) is 0 Å². The molecule has 0 atom stereocenters. The van der Waals surface area contributed by atoms with Gasteiger partial charge in [-0.1, -0.05) is 30.5 Å². The van der Waals surface area contributed by atoms with E-state index in [0.29, 0.717) is 12.2 Å². The molecule has 25 heavy (non-hydrogen) atoms. The Hall–Kier alpha value is -2.14. The number of hydrogen-bond acceptors (Lipinski definition) is 3. The van der Waals surface area contributed by atoms with Crippen molar-refractivity contribution in [1.29, 1.82) is 0 Å². The highest BCUT2D eigenvalue weighted by atomic mass is 32.1.